The Morgan fingerprint density at radius 1 is 1.38 bits per heavy atom. The van der Waals surface area contributed by atoms with Crippen LogP contribution in [-0.2, 0) is 21.5 Å². The van der Waals surface area contributed by atoms with Crippen molar-refractivity contribution in [3.8, 4) is 0 Å². The largest absolute Gasteiger partial charge is 0.478 e. The summed E-state index contributed by atoms with van der Waals surface area (Å²) >= 11 is 1.38. The molecule has 0 radical (unpaired) electrons. The molecular formula is C13H20N2O4S2. The van der Waals surface area contributed by atoms with Crippen LogP contribution < -0.4 is 0 Å². The average Bonchev–Trinajstić information content (AvgIpc) is 2.85. The van der Waals surface area contributed by atoms with Crippen molar-refractivity contribution in [1.82, 2.24) is 8.61 Å². The van der Waals surface area contributed by atoms with Gasteiger partial charge in [0.05, 0.1) is 0 Å². The summed E-state index contributed by atoms with van der Waals surface area (Å²) < 4.78 is 27.3. The van der Waals surface area contributed by atoms with E-state index in [4.69, 9.17) is 5.11 Å². The third kappa shape index (κ3) is 4.92. The monoisotopic (exact) mass is 332 g/mol. The predicted octanol–water partition coefficient (Wildman–Crippen LogP) is 1.86. The first-order chi connectivity index (χ1) is 9.81. The fourth-order valence-electron chi connectivity index (χ4n) is 1.80. The van der Waals surface area contributed by atoms with Crippen LogP contribution in [0.5, 0.6) is 0 Å². The number of nitrogens with zero attached hydrogens (tertiary/aromatic N) is 2. The molecule has 118 valence electrons. The predicted molar refractivity (Wildman–Crippen MR) is 84.3 cm³/mol. The van der Waals surface area contributed by atoms with E-state index < -0.39 is 16.2 Å². The summed E-state index contributed by atoms with van der Waals surface area (Å²) in [6.45, 7) is 4.72. The summed E-state index contributed by atoms with van der Waals surface area (Å²) in [5, 5.41) is 10.4. The second-order valence-corrected chi connectivity index (χ2v) is 7.36. The topological polar surface area (TPSA) is 77.9 Å². The summed E-state index contributed by atoms with van der Waals surface area (Å²) in [6, 6.07) is 1.79. The highest BCUT2D eigenvalue weighted by molar-refractivity contribution is 7.86. The molecule has 0 atom stereocenters. The Bertz CT molecular complexity index is 603. The maximum atomic E-state index is 12.3. The van der Waals surface area contributed by atoms with Gasteiger partial charge in [0.15, 0.2) is 0 Å². The highest BCUT2D eigenvalue weighted by Crippen LogP contribution is 2.19. The first-order valence-electron chi connectivity index (χ1n) is 6.51. The SMILES string of the molecule is CCN(CC)S(=O)(=O)N(C)Cc1csc(C=CC(=O)O)c1. The summed E-state index contributed by atoms with van der Waals surface area (Å²) in [5.41, 5.74) is 0.836. The number of hydrogen-bond donors (Lipinski definition) is 1. The van der Waals surface area contributed by atoms with E-state index in [-0.39, 0.29) is 6.54 Å². The Morgan fingerprint density at radius 2 is 2.00 bits per heavy atom. The molecule has 1 rings (SSSR count). The Balaban J connectivity index is 2.79. The standard InChI is InChI=1S/C13H20N2O4S2/c1-4-15(5-2)21(18,19)14(3)9-11-8-12(20-10-11)6-7-13(16)17/h6-8,10H,4-5,9H2,1-3H3,(H,16,17). The highest BCUT2D eigenvalue weighted by atomic mass is 32.2. The minimum absolute atomic E-state index is 0.260. The first kappa shape index (κ1) is 17.8. The lowest BCUT2D eigenvalue weighted by molar-refractivity contribution is -0.131. The van der Waals surface area contributed by atoms with Gasteiger partial charge in [0.2, 0.25) is 0 Å². The minimum atomic E-state index is -3.46. The quantitative estimate of drug-likeness (QED) is 0.737. The van der Waals surface area contributed by atoms with E-state index >= 15 is 0 Å². The zero-order valence-electron chi connectivity index (χ0n) is 12.3. The van der Waals surface area contributed by atoms with Crippen LogP contribution in [0.25, 0.3) is 6.08 Å². The average molecular weight is 332 g/mol. The Hall–Kier alpha value is -1.22. The minimum Gasteiger partial charge on any atom is -0.478 e. The number of carboxylic acid groups (broad SMARTS) is 1. The molecule has 1 N–H and O–H groups in total. The molecule has 0 spiro atoms. The zero-order chi connectivity index (χ0) is 16.0. The fourth-order valence-corrected chi connectivity index (χ4v) is 3.96. The van der Waals surface area contributed by atoms with Gasteiger partial charge in [-0.05, 0) is 23.1 Å². The molecule has 0 aliphatic heterocycles. The molecule has 0 saturated carbocycles. The van der Waals surface area contributed by atoms with Crippen LogP contribution >= 0.6 is 11.3 Å². The summed E-state index contributed by atoms with van der Waals surface area (Å²) in [4.78, 5) is 11.2. The Labute approximate surface area is 129 Å². The van der Waals surface area contributed by atoms with Crippen molar-refractivity contribution in [2.45, 2.75) is 20.4 Å². The number of thiophene rings is 1. The number of rotatable bonds is 8. The molecule has 21 heavy (non-hydrogen) atoms. The molecule has 1 aromatic rings. The van der Waals surface area contributed by atoms with Gasteiger partial charge < -0.3 is 5.11 Å². The van der Waals surface area contributed by atoms with Crippen molar-refractivity contribution in [3.05, 3.63) is 28.0 Å². The van der Waals surface area contributed by atoms with Crippen LogP contribution in [0.15, 0.2) is 17.5 Å². The summed E-state index contributed by atoms with van der Waals surface area (Å²) in [6.07, 6.45) is 2.56. The van der Waals surface area contributed by atoms with Crippen molar-refractivity contribution in [2.75, 3.05) is 20.1 Å². The van der Waals surface area contributed by atoms with E-state index in [0.29, 0.717) is 13.1 Å². The van der Waals surface area contributed by atoms with Crippen molar-refractivity contribution in [1.29, 1.82) is 0 Å². The maximum Gasteiger partial charge on any atom is 0.328 e. The van der Waals surface area contributed by atoms with E-state index in [1.807, 2.05) is 5.38 Å². The van der Waals surface area contributed by atoms with Gasteiger partial charge >= 0.3 is 5.97 Å². The van der Waals surface area contributed by atoms with Crippen LogP contribution in [-0.4, -0.2) is 48.2 Å². The smallest absolute Gasteiger partial charge is 0.328 e. The van der Waals surface area contributed by atoms with Crippen LogP contribution in [0.2, 0.25) is 0 Å². The van der Waals surface area contributed by atoms with Gasteiger partial charge in [-0.2, -0.15) is 17.0 Å². The second kappa shape index (κ2) is 7.69. The van der Waals surface area contributed by atoms with Gasteiger partial charge in [0.25, 0.3) is 10.2 Å². The van der Waals surface area contributed by atoms with E-state index in [2.05, 4.69) is 0 Å². The molecule has 0 aliphatic rings. The highest BCUT2D eigenvalue weighted by Gasteiger charge is 2.24. The van der Waals surface area contributed by atoms with Gasteiger partial charge in [-0.1, -0.05) is 13.8 Å². The third-order valence-electron chi connectivity index (χ3n) is 2.90. The van der Waals surface area contributed by atoms with Crippen molar-refractivity contribution >= 4 is 33.6 Å². The van der Waals surface area contributed by atoms with Gasteiger partial charge in [0.1, 0.15) is 0 Å². The van der Waals surface area contributed by atoms with E-state index in [1.165, 1.54) is 33.1 Å². The molecule has 0 bridgehead atoms. The number of aliphatic carboxylic acids is 1. The van der Waals surface area contributed by atoms with E-state index in [1.54, 1.807) is 19.9 Å². The molecule has 0 unspecified atom stereocenters. The number of carbonyl (C=O) groups is 1. The number of carboxylic acids is 1. The van der Waals surface area contributed by atoms with Crippen LogP contribution in [0.4, 0.5) is 0 Å². The zero-order valence-corrected chi connectivity index (χ0v) is 13.9. The van der Waals surface area contributed by atoms with Gasteiger partial charge in [0, 0.05) is 37.6 Å². The lowest BCUT2D eigenvalue weighted by atomic mass is 10.3. The summed E-state index contributed by atoms with van der Waals surface area (Å²) in [7, 11) is -1.92. The Morgan fingerprint density at radius 3 is 2.52 bits per heavy atom. The van der Waals surface area contributed by atoms with Gasteiger partial charge in [-0.15, -0.1) is 11.3 Å². The maximum absolute atomic E-state index is 12.3. The van der Waals surface area contributed by atoms with Gasteiger partial charge in [-0.3, -0.25) is 0 Å². The molecule has 0 aromatic carbocycles. The van der Waals surface area contributed by atoms with Crippen LogP contribution in [0, 0.1) is 0 Å². The molecule has 6 nitrogen and oxygen atoms in total. The normalized spacial score (nSPS) is 12.6. The number of hydrogen-bond acceptors (Lipinski definition) is 4. The van der Waals surface area contributed by atoms with Crippen molar-refractivity contribution < 1.29 is 18.3 Å². The lowest BCUT2D eigenvalue weighted by Gasteiger charge is -2.25. The van der Waals surface area contributed by atoms with Gasteiger partial charge in [-0.25, -0.2) is 4.79 Å². The van der Waals surface area contributed by atoms with E-state index in [9.17, 15) is 13.2 Å². The molecule has 1 aromatic heterocycles. The molecular weight excluding hydrogens is 312 g/mol. The van der Waals surface area contributed by atoms with Crippen LogP contribution in [0.1, 0.15) is 24.3 Å². The first-order valence-corrected chi connectivity index (χ1v) is 8.78. The fraction of sp³-hybridized carbons (Fsp3) is 0.462. The molecule has 0 fully saturated rings. The lowest BCUT2D eigenvalue weighted by Crippen LogP contribution is -2.41. The second-order valence-electron chi connectivity index (χ2n) is 4.38. The molecule has 8 heteroatoms. The van der Waals surface area contributed by atoms with Crippen LogP contribution in [0.3, 0.4) is 0 Å². The van der Waals surface area contributed by atoms with E-state index in [0.717, 1.165) is 16.5 Å². The molecule has 0 aliphatic carbocycles. The Kier molecular flexibility index (Phi) is 6.53. The van der Waals surface area contributed by atoms with Crippen molar-refractivity contribution in [3.63, 3.8) is 0 Å². The molecule has 1 heterocycles. The molecule has 0 amide bonds. The van der Waals surface area contributed by atoms with Crippen molar-refractivity contribution in [2.24, 2.45) is 0 Å². The summed E-state index contributed by atoms with van der Waals surface area (Å²) in [5.74, 6) is -1.01. The third-order valence-corrected chi connectivity index (χ3v) is 5.93. The molecule has 0 saturated heterocycles.